The molecule has 0 aromatic carbocycles. The number of amides is 1. The molecule has 0 radical (unpaired) electrons. The van der Waals surface area contributed by atoms with Crippen molar-refractivity contribution in [2.75, 3.05) is 29.4 Å². The molecule has 0 N–H and O–H groups in total. The number of carbonyl (C=O) groups is 1. The Kier molecular flexibility index (Phi) is 4.17. The zero-order valence-electron chi connectivity index (χ0n) is 15.7. The SMILES string of the molecule is CC(C)(C)c1ccc(N2CCC(n3cc(N4CCCC4=O)cn3)C2)nn1. The van der Waals surface area contributed by atoms with Gasteiger partial charge in [0.2, 0.25) is 5.91 Å². The van der Waals surface area contributed by atoms with Crippen molar-refractivity contribution < 1.29 is 4.79 Å². The average Bonchev–Trinajstić information content (AvgIpc) is 3.33. The van der Waals surface area contributed by atoms with Gasteiger partial charge in [0.1, 0.15) is 0 Å². The van der Waals surface area contributed by atoms with Crippen molar-refractivity contribution in [1.29, 1.82) is 0 Å². The summed E-state index contributed by atoms with van der Waals surface area (Å²) in [7, 11) is 0. The number of carbonyl (C=O) groups excluding carboxylic acids is 1. The molecule has 2 aromatic heterocycles. The van der Waals surface area contributed by atoms with Crippen molar-refractivity contribution in [2.45, 2.75) is 51.5 Å². The molecule has 2 aromatic rings. The van der Waals surface area contributed by atoms with Crippen LogP contribution in [0.4, 0.5) is 11.5 Å². The van der Waals surface area contributed by atoms with E-state index in [0.717, 1.165) is 49.7 Å². The Balaban J connectivity index is 1.44. The topological polar surface area (TPSA) is 67.2 Å². The van der Waals surface area contributed by atoms with Gasteiger partial charge in [-0.3, -0.25) is 9.48 Å². The van der Waals surface area contributed by atoms with Crippen LogP contribution in [0.1, 0.15) is 51.8 Å². The highest BCUT2D eigenvalue weighted by Crippen LogP contribution is 2.28. The maximum Gasteiger partial charge on any atom is 0.227 e. The Morgan fingerprint density at radius 2 is 2.00 bits per heavy atom. The largest absolute Gasteiger partial charge is 0.353 e. The predicted octanol–water partition coefficient (Wildman–Crippen LogP) is 2.55. The van der Waals surface area contributed by atoms with E-state index in [2.05, 4.69) is 53.1 Å². The van der Waals surface area contributed by atoms with Gasteiger partial charge in [-0.2, -0.15) is 10.2 Å². The summed E-state index contributed by atoms with van der Waals surface area (Å²) in [6.07, 6.45) is 6.41. The molecule has 7 heteroatoms. The van der Waals surface area contributed by atoms with E-state index in [1.54, 1.807) is 0 Å². The highest BCUT2D eigenvalue weighted by atomic mass is 16.2. The normalized spacial score (nSPS) is 21.0. The molecule has 4 heterocycles. The van der Waals surface area contributed by atoms with Crippen LogP contribution >= 0.6 is 0 Å². The molecule has 2 aliphatic heterocycles. The lowest BCUT2D eigenvalue weighted by molar-refractivity contribution is -0.117. The molecule has 0 spiro atoms. The molecule has 1 amide bonds. The van der Waals surface area contributed by atoms with Gasteiger partial charge in [0, 0.05) is 37.7 Å². The Labute approximate surface area is 154 Å². The van der Waals surface area contributed by atoms with Crippen LogP contribution in [0.2, 0.25) is 0 Å². The number of rotatable bonds is 3. The Morgan fingerprint density at radius 1 is 1.15 bits per heavy atom. The molecule has 2 fully saturated rings. The minimum absolute atomic E-state index is 0.0115. The third-order valence-electron chi connectivity index (χ3n) is 5.25. The summed E-state index contributed by atoms with van der Waals surface area (Å²) < 4.78 is 2.00. The fraction of sp³-hybridized carbons (Fsp3) is 0.579. The number of aromatic nitrogens is 4. The highest BCUT2D eigenvalue weighted by Gasteiger charge is 2.28. The monoisotopic (exact) mass is 354 g/mol. The average molecular weight is 354 g/mol. The van der Waals surface area contributed by atoms with Crippen LogP contribution in [-0.4, -0.2) is 45.5 Å². The second kappa shape index (κ2) is 6.37. The first kappa shape index (κ1) is 17.0. The first-order chi connectivity index (χ1) is 12.4. The summed E-state index contributed by atoms with van der Waals surface area (Å²) >= 11 is 0. The third kappa shape index (κ3) is 3.18. The summed E-state index contributed by atoms with van der Waals surface area (Å²) in [5, 5.41) is 13.3. The molecule has 7 nitrogen and oxygen atoms in total. The quantitative estimate of drug-likeness (QED) is 0.847. The fourth-order valence-electron chi connectivity index (χ4n) is 3.65. The van der Waals surface area contributed by atoms with Gasteiger partial charge in [-0.25, -0.2) is 0 Å². The molecule has 26 heavy (non-hydrogen) atoms. The second-order valence-electron chi connectivity index (χ2n) is 8.24. The van der Waals surface area contributed by atoms with Crippen molar-refractivity contribution in [3.05, 3.63) is 30.2 Å². The van der Waals surface area contributed by atoms with Gasteiger partial charge in [0.15, 0.2) is 5.82 Å². The predicted molar refractivity (Wildman–Crippen MR) is 100 cm³/mol. The smallest absolute Gasteiger partial charge is 0.227 e. The van der Waals surface area contributed by atoms with Crippen molar-refractivity contribution in [3.63, 3.8) is 0 Å². The molecule has 1 atom stereocenters. The minimum Gasteiger partial charge on any atom is -0.353 e. The van der Waals surface area contributed by atoms with Gasteiger partial charge in [-0.05, 0) is 25.0 Å². The van der Waals surface area contributed by atoms with Crippen molar-refractivity contribution in [2.24, 2.45) is 0 Å². The summed E-state index contributed by atoms with van der Waals surface area (Å²) in [4.78, 5) is 16.0. The van der Waals surface area contributed by atoms with Crippen LogP contribution < -0.4 is 9.80 Å². The van der Waals surface area contributed by atoms with Crippen LogP contribution in [0, 0.1) is 0 Å². The number of nitrogens with zero attached hydrogens (tertiary/aromatic N) is 6. The first-order valence-corrected chi connectivity index (χ1v) is 9.35. The maximum absolute atomic E-state index is 11.9. The molecular weight excluding hydrogens is 328 g/mol. The lowest BCUT2D eigenvalue weighted by Crippen LogP contribution is -2.24. The van der Waals surface area contributed by atoms with Gasteiger partial charge in [0.25, 0.3) is 0 Å². The molecule has 138 valence electrons. The van der Waals surface area contributed by atoms with E-state index in [9.17, 15) is 4.79 Å². The van der Waals surface area contributed by atoms with Crippen LogP contribution in [-0.2, 0) is 10.2 Å². The van der Waals surface area contributed by atoms with Gasteiger partial charge in [0.05, 0.1) is 23.6 Å². The molecule has 4 rings (SSSR count). The van der Waals surface area contributed by atoms with Gasteiger partial charge >= 0.3 is 0 Å². The van der Waals surface area contributed by atoms with E-state index in [0.29, 0.717) is 12.5 Å². The second-order valence-corrected chi connectivity index (χ2v) is 8.24. The molecule has 2 aliphatic rings. The van der Waals surface area contributed by atoms with Crippen molar-refractivity contribution >= 4 is 17.4 Å². The van der Waals surface area contributed by atoms with Crippen LogP contribution in [0.15, 0.2) is 24.5 Å². The van der Waals surface area contributed by atoms with Crippen molar-refractivity contribution in [3.8, 4) is 0 Å². The van der Waals surface area contributed by atoms with E-state index in [1.807, 2.05) is 22.0 Å². The standard InChI is InChI=1S/C19H26N6O/c1-19(2,3)16-6-7-17(22-21-16)23-10-8-14(12-23)25-13-15(11-20-25)24-9-4-5-18(24)26/h6-7,11,13-14H,4-5,8-10,12H2,1-3H3. The van der Waals surface area contributed by atoms with E-state index < -0.39 is 0 Å². The number of anilines is 2. The Hall–Kier alpha value is -2.44. The van der Waals surface area contributed by atoms with E-state index in [4.69, 9.17) is 0 Å². The first-order valence-electron chi connectivity index (χ1n) is 9.35. The minimum atomic E-state index is 0.0115. The lowest BCUT2D eigenvalue weighted by Gasteiger charge is -2.20. The Morgan fingerprint density at radius 3 is 2.65 bits per heavy atom. The zero-order chi connectivity index (χ0) is 18.3. The molecular formula is C19H26N6O. The molecule has 1 unspecified atom stereocenters. The summed E-state index contributed by atoms with van der Waals surface area (Å²) in [5.41, 5.74) is 1.93. The van der Waals surface area contributed by atoms with Crippen LogP contribution in [0.5, 0.6) is 0 Å². The molecule has 0 saturated carbocycles. The van der Waals surface area contributed by atoms with Crippen molar-refractivity contribution in [1.82, 2.24) is 20.0 Å². The van der Waals surface area contributed by atoms with E-state index >= 15 is 0 Å². The zero-order valence-corrected chi connectivity index (χ0v) is 15.7. The lowest BCUT2D eigenvalue weighted by atomic mass is 9.92. The molecule has 0 bridgehead atoms. The molecule has 2 saturated heterocycles. The summed E-state index contributed by atoms with van der Waals surface area (Å²) in [5.74, 6) is 1.12. The summed E-state index contributed by atoms with van der Waals surface area (Å²) in [6.45, 7) is 9.02. The number of hydrogen-bond acceptors (Lipinski definition) is 5. The van der Waals surface area contributed by atoms with Gasteiger partial charge < -0.3 is 9.80 Å². The summed E-state index contributed by atoms with van der Waals surface area (Å²) in [6, 6.07) is 4.43. The number of hydrogen-bond donors (Lipinski definition) is 0. The Bertz CT molecular complexity index is 791. The van der Waals surface area contributed by atoms with Crippen LogP contribution in [0.3, 0.4) is 0 Å². The van der Waals surface area contributed by atoms with Gasteiger partial charge in [-0.15, -0.1) is 5.10 Å². The third-order valence-corrected chi connectivity index (χ3v) is 5.25. The van der Waals surface area contributed by atoms with E-state index in [-0.39, 0.29) is 11.3 Å². The van der Waals surface area contributed by atoms with Gasteiger partial charge in [-0.1, -0.05) is 20.8 Å². The molecule has 0 aliphatic carbocycles. The van der Waals surface area contributed by atoms with E-state index in [1.165, 1.54) is 0 Å². The highest BCUT2D eigenvalue weighted by molar-refractivity contribution is 5.95. The maximum atomic E-state index is 11.9. The fourth-order valence-corrected chi connectivity index (χ4v) is 3.65. The van der Waals surface area contributed by atoms with Crippen LogP contribution in [0.25, 0.3) is 0 Å².